The first-order valence-corrected chi connectivity index (χ1v) is 9.37. The quantitative estimate of drug-likeness (QED) is 0.442. The molecule has 168 valence electrons. The average molecular weight is 457 g/mol. The topological polar surface area (TPSA) is 46.9 Å². The molecule has 1 N–H and O–H groups in total. The third-order valence-electron chi connectivity index (χ3n) is 5.07. The van der Waals surface area contributed by atoms with Gasteiger partial charge in [-0.05, 0) is 18.2 Å². The van der Waals surface area contributed by atoms with E-state index in [4.69, 9.17) is 0 Å². The highest BCUT2D eigenvalue weighted by molar-refractivity contribution is 6.09. The lowest BCUT2D eigenvalue weighted by atomic mass is 9.98. The summed E-state index contributed by atoms with van der Waals surface area (Å²) in [4.78, 5) is 16.8. The SMILES string of the molecule is O=C(c1cccc(-c2nc3c(n2C(F)(F)F)CCNC3)c1)c1cccc(C(F)(F)F)c1F. The first kappa shape index (κ1) is 22.0. The Morgan fingerprint density at radius 1 is 1.03 bits per heavy atom. The second-order valence-corrected chi connectivity index (χ2v) is 7.13. The molecule has 1 aromatic heterocycles. The van der Waals surface area contributed by atoms with Gasteiger partial charge in [0.25, 0.3) is 0 Å². The Labute approximate surface area is 176 Å². The number of rotatable bonds is 3. The van der Waals surface area contributed by atoms with E-state index in [2.05, 4.69) is 10.3 Å². The number of carbonyl (C=O) groups excluding carboxylic acids is 1. The second kappa shape index (κ2) is 7.73. The molecule has 0 amide bonds. The Hall–Kier alpha value is -3.21. The average Bonchev–Trinajstić information content (AvgIpc) is 3.13. The summed E-state index contributed by atoms with van der Waals surface area (Å²) < 4.78 is 94.8. The molecule has 0 bridgehead atoms. The van der Waals surface area contributed by atoms with E-state index in [0.29, 0.717) is 12.6 Å². The zero-order valence-electron chi connectivity index (χ0n) is 16.1. The monoisotopic (exact) mass is 457 g/mol. The summed E-state index contributed by atoms with van der Waals surface area (Å²) in [5, 5.41) is 2.93. The molecule has 0 aliphatic carbocycles. The van der Waals surface area contributed by atoms with Crippen LogP contribution in [0.25, 0.3) is 11.4 Å². The van der Waals surface area contributed by atoms with Gasteiger partial charge >= 0.3 is 12.5 Å². The predicted octanol–water partition coefficient (Wildman–Crippen LogP) is 5.06. The van der Waals surface area contributed by atoms with Crippen LogP contribution in [0.5, 0.6) is 0 Å². The first-order chi connectivity index (χ1) is 15.0. The van der Waals surface area contributed by atoms with E-state index in [9.17, 15) is 35.5 Å². The molecule has 1 aliphatic heterocycles. The number of hydrogen-bond acceptors (Lipinski definition) is 3. The van der Waals surface area contributed by atoms with Crippen LogP contribution in [-0.4, -0.2) is 21.9 Å². The molecular formula is C21H14F7N3O. The predicted molar refractivity (Wildman–Crippen MR) is 99.2 cm³/mol. The van der Waals surface area contributed by atoms with Crippen LogP contribution in [0.15, 0.2) is 42.5 Å². The Morgan fingerprint density at radius 2 is 1.75 bits per heavy atom. The van der Waals surface area contributed by atoms with Gasteiger partial charge in [0.15, 0.2) is 5.78 Å². The van der Waals surface area contributed by atoms with Crippen molar-refractivity contribution < 1.29 is 35.5 Å². The summed E-state index contributed by atoms with van der Waals surface area (Å²) >= 11 is 0. The molecular weight excluding hydrogens is 443 g/mol. The van der Waals surface area contributed by atoms with Gasteiger partial charge in [0.1, 0.15) is 11.6 Å². The molecule has 3 aromatic rings. The Kier molecular flexibility index (Phi) is 5.32. The van der Waals surface area contributed by atoms with Crippen LogP contribution in [0, 0.1) is 5.82 Å². The van der Waals surface area contributed by atoms with Crippen LogP contribution in [-0.2, 0) is 25.4 Å². The van der Waals surface area contributed by atoms with Crippen molar-refractivity contribution in [3.8, 4) is 11.4 Å². The number of aromatic nitrogens is 2. The second-order valence-electron chi connectivity index (χ2n) is 7.13. The van der Waals surface area contributed by atoms with E-state index in [0.717, 1.165) is 18.2 Å². The Balaban J connectivity index is 1.80. The van der Waals surface area contributed by atoms with E-state index < -0.39 is 41.0 Å². The zero-order chi connectivity index (χ0) is 23.3. The fourth-order valence-electron chi connectivity index (χ4n) is 3.66. The maximum atomic E-state index is 14.4. The van der Waals surface area contributed by atoms with Crippen LogP contribution in [0.1, 0.15) is 32.9 Å². The number of benzene rings is 2. The van der Waals surface area contributed by atoms with Crippen LogP contribution in [0.2, 0.25) is 0 Å². The molecule has 4 nitrogen and oxygen atoms in total. The third kappa shape index (κ3) is 3.88. The van der Waals surface area contributed by atoms with Crippen molar-refractivity contribution >= 4 is 5.78 Å². The Bertz CT molecular complexity index is 1200. The van der Waals surface area contributed by atoms with Gasteiger partial charge in [0, 0.05) is 30.6 Å². The van der Waals surface area contributed by atoms with Crippen LogP contribution in [0.4, 0.5) is 30.7 Å². The number of halogens is 7. The smallest absolute Gasteiger partial charge is 0.311 e. The lowest BCUT2D eigenvalue weighted by molar-refractivity contribution is -0.204. The van der Waals surface area contributed by atoms with E-state index in [-0.39, 0.29) is 40.0 Å². The maximum Gasteiger partial charge on any atom is 0.490 e. The molecule has 0 saturated carbocycles. The number of alkyl halides is 6. The van der Waals surface area contributed by atoms with Gasteiger partial charge in [-0.1, -0.05) is 24.3 Å². The fraction of sp³-hybridized carbons (Fsp3) is 0.238. The largest absolute Gasteiger partial charge is 0.490 e. The van der Waals surface area contributed by atoms with E-state index >= 15 is 0 Å². The highest BCUT2D eigenvalue weighted by atomic mass is 19.4. The van der Waals surface area contributed by atoms with Gasteiger partial charge in [-0.3, -0.25) is 4.79 Å². The summed E-state index contributed by atoms with van der Waals surface area (Å²) in [5.74, 6) is -3.29. The zero-order valence-corrected chi connectivity index (χ0v) is 16.1. The summed E-state index contributed by atoms with van der Waals surface area (Å²) in [7, 11) is 0. The molecule has 2 heterocycles. The molecule has 0 fully saturated rings. The van der Waals surface area contributed by atoms with E-state index in [1.807, 2.05) is 0 Å². The van der Waals surface area contributed by atoms with Gasteiger partial charge in [-0.2, -0.15) is 13.2 Å². The number of carbonyl (C=O) groups is 1. The summed E-state index contributed by atoms with van der Waals surface area (Å²) in [6.07, 6.45) is -9.69. The van der Waals surface area contributed by atoms with Crippen molar-refractivity contribution in [2.45, 2.75) is 25.4 Å². The minimum atomic E-state index is -5.01. The summed E-state index contributed by atoms with van der Waals surface area (Å²) in [6, 6.07) is 7.09. The van der Waals surface area contributed by atoms with Crippen LogP contribution in [0.3, 0.4) is 0 Å². The van der Waals surface area contributed by atoms with Gasteiger partial charge < -0.3 is 5.32 Å². The third-order valence-corrected chi connectivity index (χ3v) is 5.07. The van der Waals surface area contributed by atoms with Crippen molar-refractivity contribution in [3.05, 3.63) is 76.4 Å². The first-order valence-electron chi connectivity index (χ1n) is 9.37. The van der Waals surface area contributed by atoms with Crippen molar-refractivity contribution in [1.29, 1.82) is 0 Å². The molecule has 0 unspecified atom stereocenters. The molecule has 0 atom stereocenters. The number of fused-ring (bicyclic) bond motifs is 1. The molecule has 11 heteroatoms. The van der Waals surface area contributed by atoms with Gasteiger partial charge in [-0.25, -0.2) is 13.9 Å². The van der Waals surface area contributed by atoms with Gasteiger partial charge in [0.2, 0.25) is 0 Å². The highest BCUT2D eigenvalue weighted by Gasteiger charge is 2.39. The van der Waals surface area contributed by atoms with Crippen molar-refractivity contribution in [2.75, 3.05) is 6.54 Å². The molecule has 4 rings (SSSR count). The molecule has 2 aromatic carbocycles. The molecule has 0 saturated heterocycles. The molecule has 0 spiro atoms. The number of nitrogens with one attached hydrogen (secondary N) is 1. The van der Waals surface area contributed by atoms with Crippen LogP contribution >= 0.6 is 0 Å². The number of nitrogens with zero attached hydrogens (tertiary/aromatic N) is 2. The number of ketones is 1. The molecule has 1 aliphatic rings. The highest BCUT2D eigenvalue weighted by Crippen LogP contribution is 2.36. The van der Waals surface area contributed by atoms with Gasteiger partial charge in [0.05, 0.1) is 22.5 Å². The number of hydrogen-bond donors (Lipinski definition) is 1. The number of imidazole rings is 1. The van der Waals surface area contributed by atoms with E-state index in [1.54, 1.807) is 0 Å². The summed E-state index contributed by atoms with van der Waals surface area (Å²) in [6.45, 7) is 0.473. The van der Waals surface area contributed by atoms with E-state index in [1.165, 1.54) is 18.2 Å². The lowest BCUT2D eigenvalue weighted by Gasteiger charge is -2.18. The van der Waals surface area contributed by atoms with Crippen LogP contribution < -0.4 is 5.32 Å². The fourth-order valence-corrected chi connectivity index (χ4v) is 3.66. The minimum Gasteiger partial charge on any atom is -0.311 e. The van der Waals surface area contributed by atoms with Gasteiger partial charge in [-0.15, -0.1) is 13.2 Å². The standard InChI is InChI=1S/C21H14F7N3O/c22-17-13(5-2-6-14(17)20(23,24)25)18(32)11-3-1-4-12(9-11)19-30-15-10-29-8-7-16(15)31(19)21(26,27)28/h1-6,9,29H,7-8,10H2. The maximum absolute atomic E-state index is 14.4. The Morgan fingerprint density at radius 3 is 2.44 bits per heavy atom. The molecule has 32 heavy (non-hydrogen) atoms. The lowest BCUT2D eigenvalue weighted by Crippen LogP contribution is -2.28. The van der Waals surface area contributed by atoms with Crippen molar-refractivity contribution in [1.82, 2.24) is 14.9 Å². The molecule has 0 radical (unpaired) electrons. The van der Waals surface area contributed by atoms with Crippen molar-refractivity contribution in [2.24, 2.45) is 0 Å². The van der Waals surface area contributed by atoms with Crippen molar-refractivity contribution in [3.63, 3.8) is 0 Å². The summed E-state index contributed by atoms with van der Waals surface area (Å²) in [5.41, 5.74) is -2.58. The minimum absolute atomic E-state index is 0.00750. The normalized spacial score (nSPS) is 14.3.